The minimum atomic E-state index is -0.0113. The Bertz CT molecular complexity index is 566. The highest BCUT2D eigenvalue weighted by atomic mass is 16.5. The summed E-state index contributed by atoms with van der Waals surface area (Å²) < 4.78 is 5.60. The van der Waals surface area contributed by atoms with Crippen LogP contribution in [0.5, 0.6) is 5.75 Å². The number of amides is 2. The monoisotopic (exact) mass is 319 g/mol. The maximum absolute atomic E-state index is 12.2. The lowest BCUT2D eigenvalue weighted by atomic mass is 10.1. The van der Waals surface area contributed by atoms with Crippen molar-refractivity contribution < 1.29 is 14.3 Å². The lowest BCUT2D eigenvalue weighted by Crippen LogP contribution is -2.51. The molecule has 1 heterocycles. The van der Waals surface area contributed by atoms with Crippen molar-refractivity contribution in [2.24, 2.45) is 0 Å². The van der Waals surface area contributed by atoms with Gasteiger partial charge in [-0.05, 0) is 37.1 Å². The summed E-state index contributed by atoms with van der Waals surface area (Å²) in [6, 6.07) is 5.83. The highest BCUT2D eigenvalue weighted by molar-refractivity contribution is 5.78. The van der Waals surface area contributed by atoms with Crippen LogP contribution in [0, 0.1) is 13.8 Å². The fourth-order valence-corrected chi connectivity index (χ4v) is 2.48. The number of hydrogen-bond donors (Lipinski definition) is 1. The normalized spacial score (nSPS) is 15.3. The van der Waals surface area contributed by atoms with Gasteiger partial charge in [-0.2, -0.15) is 0 Å². The minimum absolute atomic E-state index is 0.00264. The van der Waals surface area contributed by atoms with Crippen LogP contribution in [0.15, 0.2) is 18.2 Å². The third-order valence-electron chi connectivity index (χ3n) is 4.21. The van der Waals surface area contributed by atoms with Crippen molar-refractivity contribution in [3.05, 3.63) is 29.3 Å². The number of aryl methyl sites for hydroxylation is 2. The van der Waals surface area contributed by atoms with Gasteiger partial charge in [0.15, 0.2) is 6.61 Å². The smallest absolute Gasteiger partial charge is 0.260 e. The first-order chi connectivity index (χ1) is 11.0. The predicted molar refractivity (Wildman–Crippen MR) is 88.5 cm³/mol. The van der Waals surface area contributed by atoms with Crippen LogP contribution in [0.3, 0.4) is 0 Å². The molecule has 2 amide bonds. The van der Waals surface area contributed by atoms with E-state index in [2.05, 4.69) is 5.32 Å². The van der Waals surface area contributed by atoms with Crippen molar-refractivity contribution in [1.82, 2.24) is 15.1 Å². The van der Waals surface area contributed by atoms with Crippen LogP contribution >= 0.6 is 0 Å². The molecule has 0 radical (unpaired) electrons. The second-order valence-electron chi connectivity index (χ2n) is 5.86. The molecule has 0 spiro atoms. The third kappa shape index (κ3) is 4.96. The average molecular weight is 319 g/mol. The minimum Gasteiger partial charge on any atom is -0.484 e. The van der Waals surface area contributed by atoms with Crippen molar-refractivity contribution >= 4 is 11.8 Å². The van der Waals surface area contributed by atoms with Crippen molar-refractivity contribution in [1.29, 1.82) is 0 Å². The molecule has 0 unspecified atom stereocenters. The summed E-state index contributed by atoms with van der Waals surface area (Å²) in [5.74, 6) is 0.713. The van der Waals surface area contributed by atoms with E-state index in [1.807, 2.05) is 36.9 Å². The first-order valence-electron chi connectivity index (χ1n) is 7.90. The Kier molecular flexibility index (Phi) is 5.98. The summed E-state index contributed by atoms with van der Waals surface area (Å²) in [4.78, 5) is 27.4. The standard InChI is InChI=1S/C17H25N3O3/c1-13-4-5-15(10-14(13)2)23-12-17(22)20-8-6-19(7-9-20)11-16(21)18-3/h4-5,10H,6-9,11-12H2,1-3H3,(H,18,21). The quantitative estimate of drug-likeness (QED) is 0.862. The molecular weight excluding hydrogens is 294 g/mol. The number of nitrogens with one attached hydrogen (secondary N) is 1. The summed E-state index contributed by atoms with van der Waals surface area (Å²) in [5, 5.41) is 2.61. The van der Waals surface area contributed by atoms with E-state index in [1.165, 1.54) is 5.56 Å². The molecule has 0 aromatic heterocycles. The molecular formula is C17H25N3O3. The number of piperazine rings is 1. The molecule has 1 N–H and O–H groups in total. The molecule has 1 fully saturated rings. The van der Waals surface area contributed by atoms with Crippen molar-refractivity contribution in [2.75, 3.05) is 46.4 Å². The Morgan fingerprint density at radius 2 is 1.83 bits per heavy atom. The molecule has 6 heteroatoms. The number of likely N-dealkylation sites (N-methyl/N-ethyl adjacent to an activating group) is 1. The van der Waals surface area contributed by atoms with E-state index in [1.54, 1.807) is 11.9 Å². The highest BCUT2D eigenvalue weighted by Gasteiger charge is 2.22. The van der Waals surface area contributed by atoms with E-state index in [-0.39, 0.29) is 18.4 Å². The summed E-state index contributed by atoms with van der Waals surface area (Å²) in [7, 11) is 1.63. The van der Waals surface area contributed by atoms with Gasteiger partial charge in [-0.15, -0.1) is 0 Å². The summed E-state index contributed by atoms with van der Waals surface area (Å²) in [6.45, 7) is 7.19. The number of nitrogens with zero attached hydrogens (tertiary/aromatic N) is 2. The molecule has 1 aromatic rings. The number of hydrogen-bond acceptors (Lipinski definition) is 4. The maximum Gasteiger partial charge on any atom is 0.260 e. The van der Waals surface area contributed by atoms with Gasteiger partial charge in [0, 0.05) is 33.2 Å². The van der Waals surface area contributed by atoms with E-state index >= 15 is 0 Å². The van der Waals surface area contributed by atoms with Gasteiger partial charge in [0.05, 0.1) is 6.54 Å². The second-order valence-corrected chi connectivity index (χ2v) is 5.86. The van der Waals surface area contributed by atoms with Crippen LogP contribution in [0.4, 0.5) is 0 Å². The average Bonchev–Trinajstić information content (AvgIpc) is 2.56. The van der Waals surface area contributed by atoms with Gasteiger partial charge in [0.2, 0.25) is 5.91 Å². The topological polar surface area (TPSA) is 61.9 Å². The number of carbonyl (C=O) groups excluding carboxylic acids is 2. The van der Waals surface area contributed by atoms with Gasteiger partial charge in [0.25, 0.3) is 5.91 Å². The first kappa shape index (κ1) is 17.3. The molecule has 0 saturated carbocycles. The Balaban J connectivity index is 1.76. The lowest BCUT2D eigenvalue weighted by Gasteiger charge is -2.34. The lowest BCUT2D eigenvalue weighted by molar-refractivity contribution is -0.135. The fraction of sp³-hybridized carbons (Fsp3) is 0.529. The maximum atomic E-state index is 12.2. The second kappa shape index (κ2) is 7.97. The van der Waals surface area contributed by atoms with Gasteiger partial charge in [-0.25, -0.2) is 0 Å². The zero-order valence-corrected chi connectivity index (χ0v) is 14.1. The van der Waals surface area contributed by atoms with Crippen LogP contribution < -0.4 is 10.1 Å². The Hall–Kier alpha value is -2.08. The van der Waals surface area contributed by atoms with Crippen molar-refractivity contribution in [3.8, 4) is 5.75 Å². The first-order valence-corrected chi connectivity index (χ1v) is 7.90. The van der Waals surface area contributed by atoms with E-state index in [4.69, 9.17) is 4.74 Å². The van der Waals surface area contributed by atoms with Gasteiger partial charge in [0.1, 0.15) is 5.75 Å². The van der Waals surface area contributed by atoms with Crippen molar-refractivity contribution in [3.63, 3.8) is 0 Å². The molecule has 0 atom stereocenters. The zero-order chi connectivity index (χ0) is 16.8. The van der Waals surface area contributed by atoms with E-state index < -0.39 is 0 Å². The Morgan fingerprint density at radius 3 is 2.43 bits per heavy atom. The van der Waals surface area contributed by atoms with Crippen LogP contribution in [0.25, 0.3) is 0 Å². The highest BCUT2D eigenvalue weighted by Crippen LogP contribution is 2.16. The molecule has 2 rings (SSSR count). The van der Waals surface area contributed by atoms with Crippen LogP contribution in [0.2, 0.25) is 0 Å². The molecule has 0 aliphatic carbocycles. The molecule has 6 nitrogen and oxygen atoms in total. The molecule has 1 aliphatic rings. The molecule has 1 saturated heterocycles. The van der Waals surface area contributed by atoms with Gasteiger partial charge >= 0.3 is 0 Å². The number of benzene rings is 1. The largest absolute Gasteiger partial charge is 0.484 e. The van der Waals surface area contributed by atoms with E-state index in [0.717, 1.165) is 11.3 Å². The molecule has 23 heavy (non-hydrogen) atoms. The molecule has 1 aliphatic heterocycles. The summed E-state index contributed by atoms with van der Waals surface area (Å²) in [6.07, 6.45) is 0. The van der Waals surface area contributed by atoms with Gasteiger partial charge < -0.3 is 15.0 Å². The van der Waals surface area contributed by atoms with Crippen LogP contribution in [-0.4, -0.2) is 68.0 Å². The Labute approximate surface area is 137 Å². The van der Waals surface area contributed by atoms with E-state index in [0.29, 0.717) is 32.7 Å². The number of rotatable bonds is 5. The number of ether oxygens (including phenoxy) is 1. The third-order valence-corrected chi connectivity index (χ3v) is 4.21. The SMILES string of the molecule is CNC(=O)CN1CCN(C(=O)COc2ccc(C)c(C)c2)CC1. The summed E-state index contributed by atoms with van der Waals surface area (Å²) in [5.41, 5.74) is 2.36. The van der Waals surface area contributed by atoms with Crippen LogP contribution in [0.1, 0.15) is 11.1 Å². The number of carbonyl (C=O) groups is 2. The van der Waals surface area contributed by atoms with Gasteiger partial charge in [-0.1, -0.05) is 6.07 Å². The predicted octanol–water partition coefficient (Wildman–Crippen LogP) is 0.572. The van der Waals surface area contributed by atoms with E-state index in [9.17, 15) is 9.59 Å². The summed E-state index contributed by atoms with van der Waals surface area (Å²) >= 11 is 0. The zero-order valence-electron chi connectivity index (χ0n) is 14.1. The molecule has 126 valence electrons. The molecule has 0 bridgehead atoms. The van der Waals surface area contributed by atoms with Gasteiger partial charge in [-0.3, -0.25) is 14.5 Å². The van der Waals surface area contributed by atoms with Crippen LogP contribution in [-0.2, 0) is 9.59 Å². The Morgan fingerprint density at radius 1 is 1.13 bits per heavy atom. The van der Waals surface area contributed by atoms with Crippen molar-refractivity contribution in [2.45, 2.75) is 13.8 Å². The molecule has 1 aromatic carbocycles. The fourth-order valence-electron chi connectivity index (χ4n) is 2.48.